The maximum Gasteiger partial charge on any atom is 0.191 e. The molecule has 2 rings (SSSR count). The van der Waals surface area contributed by atoms with Crippen LogP contribution in [-0.4, -0.2) is 35.3 Å². The van der Waals surface area contributed by atoms with Crippen molar-refractivity contribution in [1.29, 1.82) is 0 Å². The second-order valence-corrected chi connectivity index (χ2v) is 8.35. The largest absolute Gasteiger partial charge is 0.356 e. The van der Waals surface area contributed by atoms with Gasteiger partial charge in [0.1, 0.15) is 9.35 Å². The van der Waals surface area contributed by atoms with Crippen molar-refractivity contribution in [3.8, 4) is 0 Å². The van der Waals surface area contributed by atoms with Crippen LogP contribution < -0.4 is 10.6 Å². The van der Waals surface area contributed by atoms with Crippen LogP contribution in [0.1, 0.15) is 36.9 Å². The molecule has 0 saturated carbocycles. The quantitative estimate of drug-likeness (QED) is 0.322. The van der Waals surface area contributed by atoms with Crippen molar-refractivity contribution in [3.05, 3.63) is 27.7 Å². The molecule has 0 aliphatic rings. The Bertz CT molecular complexity index is 592. The van der Waals surface area contributed by atoms with Crippen LogP contribution in [0.4, 0.5) is 0 Å². The molecular weight excluding hydrogens is 346 g/mol. The summed E-state index contributed by atoms with van der Waals surface area (Å²) in [7, 11) is 1.79. The molecule has 0 spiro atoms. The summed E-state index contributed by atoms with van der Waals surface area (Å²) in [5, 5.41) is 11.9. The van der Waals surface area contributed by atoms with Crippen LogP contribution in [0.15, 0.2) is 26.3 Å². The molecule has 8 heteroatoms. The summed E-state index contributed by atoms with van der Waals surface area (Å²) in [5.74, 6) is 2.36. The standard InChI is InChI=1S/C15H23N5S3/c1-11(2)12-10-23-13(20-12)9-19-14(16-3)17-5-4-7-21-15-18-6-8-22-15/h6,8,10-11H,4-5,7,9H2,1-3H3,(H2,16,17,19). The molecule has 0 aliphatic carbocycles. The molecule has 0 bridgehead atoms. The van der Waals surface area contributed by atoms with E-state index in [1.807, 2.05) is 11.6 Å². The van der Waals surface area contributed by atoms with E-state index >= 15 is 0 Å². The minimum atomic E-state index is 0.479. The van der Waals surface area contributed by atoms with Crippen LogP contribution in [0.25, 0.3) is 0 Å². The van der Waals surface area contributed by atoms with Gasteiger partial charge in [-0.3, -0.25) is 4.99 Å². The zero-order valence-electron chi connectivity index (χ0n) is 13.7. The van der Waals surface area contributed by atoms with Gasteiger partial charge in [-0.2, -0.15) is 0 Å². The van der Waals surface area contributed by atoms with E-state index in [4.69, 9.17) is 0 Å². The van der Waals surface area contributed by atoms with Crippen LogP contribution in [0.5, 0.6) is 0 Å². The Hall–Kier alpha value is -1.12. The first kappa shape index (κ1) is 18.2. The Morgan fingerprint density at radius 2 is 2.22 bits per heavy atom. The maximum atomic E-state index is 4.62. The summed E-state index contributed by atoms with van der Waals surface area (Å²) in [6.07, 6.45) is 2.92. The van der Waals surface area contributed by atoms with E-state index in [0.29, 0.717) is 12.5 Å². The van der Waals surface area contributed by atoms with Gasteiger partial charge in [-0.25, -0.2) is 9.97 Å². The first-order valence-corrected chi connectivity index (χ1v) is 10.3. The third-order valence-corrected chi connectivity index (χ3v) is 5.96. The van der Waals surface area contributed by atoms with E-state index in [1.165, 1.54) is 0 Å². The number of nitrogens with one attached hydrogen (secondary N) is 2. The van der Waals surface area contributed by atoms with Crippen LogP contribution in [0.2, 0.25) is 0 Å². The molecule has 2 N–H and O–H groups in total. The summed E-state index contributed by atoms with van der Waals surface area (Å²) < 4.78 is 1.14. The second-order valence-electron chi connectivity index (χ2n) is 5.17. The van der Waals surface area contributed by atoms with Crippen molar-refractivity contribution in [2.75, 3.05) is 19.3 Å². The highest BCUT2D eigenvalue weighted by atomic mass is 32.2. The molecule has 0 fully saturated rings. The molecule has 0 saturated heterocycles. The summed E-state index contributed by atoms with van der Waals surface area (Å²) in [5.41, 5.74) is 1.16. The lowest BCUT2D eigenvalue weighted by atomic mass is 10.2. The van der Waals surface area contributed by atoms with E-state index < -0.39 is 0 Å². The average molecular weight is 370 g/mol. The molecule has 5 nitrogen and oxygen atoms in total. The van der Waals surface area contributed by atoms with Crippen molar-refractivity contribution in [1.82, 2.24) is 20.6 Å². The molecular formula is C15H23N5S3. The first-order valence-electron chi connectivity index (χ1n) is 7.60. The summed E-state index contributed by atoms with van der Waals surface area (Å²) in [4.78, 5) is 13.1. The molecule has 2 heterocycles. The summed E-state index contributed by atoms with van der Waals surface area (Å²) in [6.45, 7) is 5.94. The Morgan fingerprint density at radius 1 is 1.35 bits per heavy atom. The highest BCUT2D eigenvalue weighted by Crippen LogP contribution is 2.20. The highest BCUT2D eigenvalue weighted by Gasteiger charge is 2.06. The van der Waals surface area contributed by atoms with Crippen molar-refractivity contribution in [2.45, 2.75) is 37.1 Å². The number of aromatic nitrogens is 2. The van der Waals surface area contributed by atoms with Gasteiger partial charge < -0.3 is 10.6 Å². The van der Waals surface area contributed by atoms with Gasteiger partial charge in [-0.15, -0.1) is 22.7 Å². The smallest absolute Gasteiger partial charge is 0.191 e. The Balaban J connectivity index is 1.63. The summed E-state index contributed by atoms with van der Waals surface area (Å²) >= 11 is 5.19. The molecule has 126 valence electrons. The van der Waals surface area contributed by atoms with E-state index in [0.717, 1.165) is 39.7 Å². The highest BCUT2D eigenvalue weighted by molar-refractivity contribution is 8.00. The monoisotopic (exact) mass is 369 g/mol. The average Bonchev–Trinajstić information content (AvgIpc) is 3.21. The number of nitrogens with zero attached hydrogens (tertiary/aromatic N) is 3. The molecule has 0 atom stereocenters. The summed E-state index contributed by atoms with van der Waals surface area (Å²) in [6, 6.07) is 0. The minimum absolute atomic E-state index is 0.479. The molecule has 23 heavy (non-hydrogen) atoms. The first-order chi connectivity index (χ1) is 11.2. The molecule has 0 radical (unpaired) electrons. The molecule has 2 aromatic rings. The topological polar surface area (TPSA) is 62.2 Å². The number of aliphatic imine (C=N–C) groups is 1. The van der Waals surface area contributed by atoms with Crippen LogP contribution in [0, 0.1) is 0 Å². The van der Waals surface area contributed by atoms with Crippen molar-refractivity contribution >= 4 is 40.4 Å². The number of thioether (sulfide) groups is 1. The van der Waals surface area contributed by atoms with Gasteiger partial charge in [0.25, 0.3) is 0 Å². The fourth-order valence-corrected chi connectivity index (χ4v) is 4.31. The van der Waals surface area contributed by atoms with E-state index in [9.17, 15) is 0 Å². The normalized spacial score (nSPS) is 11.9. The lowest BCUT2D eigenvalue weighted by Crippen LogP contribution is -2.37. The Morgan fingerprint density at radius 3 is 2.87 bits per heavy atom. The molecule has 0 unspecified atom stereocenters. The van der Waals surface area contributed by atoms with E-state index in [-0.39, 0.29) is 0 Å². The molecule has 2 aromatic heterocycles. The number of guanidine groups is 1. The molecule has 0 amide bonds. The predicted octanol–water partition coefficient (Wildman–Crippen LogP) is 3.57. The Labute approximate surface area is 150 Å². The second kappa shape index (κ2) is 9.89. The van der Waals surface area contributed by atoms with Crippen molar-refractivity contribution in [3.63, 3.8) is 0 Å². The zero-order chi connectivity index (χ0) is 16.5. The third-order valence-electron chi connectivity index (χ3n) is 3.04. The van der Waals surface area contributed by atoms with Crippen LogP contribution in [-0.2, 0) is 6.54 Å². The lowest BCUT2D eigenvalue weighted by molar-refractivity contribution is 0.772. The lowest BCUT2D eigenvalue weighted by Gasteiger charge is -2.10. The van der Waals surface area contributed by atoms with Gasteiger partial charge in [-0.1, -0.05) is 25.6 Å². The van der Waals surface area contributed by atoms with Gasteiger partial charge >= 0.3 is 0 Å². The van der Waals surface area contributed by atoms with Gasteiger partial charge in [0, 0.05) is 36.3 Å². The fourth-order valence-electron chi connectivity index (χ4n) is 1.77. The molecule has 0 aliphatic heterocycles. The minimum Gasteiger partial charge on any atom is -0.356 e. The number of hydrogen-bond acceptors (Lipinski definition) is 6. The van der Waals surface area contributed by atoms with Crippen molar-refractivity contribution < 1.29 is 0 Å². The maximum absolute atomic E-state index is 4.62. The third kappa shape index (κ3) is 6.48. The molecule has 0 aromatic carbocycles. The van der Waals surface area contributed by atoms with E-state index in [1.54, 1.807) is 41.5 Å². The van der Waals surface area contributed by atoms with Gasteiger partial charge in [0.15, 0.2) is 5.96 Å². The van der Waals surface area contributed by atoms with Gasteiger partial charge in [-0.05, 0) is 12.3 Å². The fraction of sp³-hybridized carbons (Fsp3) is 0.533. The number of rotatable bonds is 8. The zero-order valence-corrected chi connectivity index (χ0v) is 16.2. The van der Waals surface area contributed by atoms with Crippen LogP contribution in [0.3, 0.4) is 0 Å². The number of hydrogen-bond donors (Lipinski definition) is 2. The van der Waals surface area contributed by atoms with Crippen LogP contribution >= 0.6 is 34.4 Å². The SMILES string of the molecule is CN=C(NCCCSc1nccs1)NCc1nc(C(C)C)cs1. The number of thiazole rings is 2. The van der Waals surface area contributed by atoms with Crippen molar-refractivity contribution in [2.24, 2.45) is 4.99 Å². The van der Waals surface area contributed by atoms with Gasteiger partial charge in [0.2, 0.25) is 0 Å². The Kier molecular flexibility index (Phi) is 7.84. The predicted molar refractivity (Wildman–Crippen MR) is 102 cm³/mol. The van der Waals surface area contributed by atoms with E-state index in [2.05, 4.69) is 44.8 Å². The van der Waals surface area contributed by atoms with Gasteiger partial charge in [0.05, 0.1) is 12.2 Å².